The molecule has 0 saturated heterocycles. The number of hydrogen-bond acceptors (Lipinski definition) is 4. The minimum absolute atomic E-state index is 0.107. The highest BCUT2D eigenvalue weighted by atomic mass is 35.5. The molecule has 0 aliphatic carbocycles. The van der Waals surface area contributed by atoms with E-state index in [0.717, 1.165) is 0 Å². The monoisotopic (exact) mass is 337 g/mol. The quantitative estimate of drug-likeness (QED) is 0.733. The molecule has 8 heteroatoms. The number of aromatic nitrogens is 1. The van der Waals surface area contributed by atoms with Crippen molar-refractivity contribution in [2.45, 2.75) is 20.0 Å². The standard InChI is InChI=1S/C15H16ClN3O4/c1-8(2)23-7-13(20)18-19-15(22)11-6-17-12-4-3-9(16)5-10(12)14(11)21/h3-6,8H,7H2,1-2H3,(H,17,21)(H,18,20)(H,19,22). The Morgan fingerprint density at radius 2 is 2.04 bits per heavy atom. The summed E-state index contributed by atoms with van der Waals surface area (Å²) >= 11 is 5.86. The molecule has 3 N–H and O–H groups in total. The molecule has 0 saturated carbocycles. The van der Waals surface area contributed by atoms with Gasteiger partial charge < -0.3 is 9.72 Å². The molecule has 0 aliphatic heterocycles. The van der Waals surface area contributed by atoms with Gasteiger partial charge in [0.25, 0.3) is 11.8 Å². The van der Waals surface area contributed by atoms with Crippen molar-refractivity contribution in [2.24, 2.45) is 0 Å². The van der Waals surface area contributed by atoms with Gasteiger partial charge in [0.1, 0.15) is 12.2 Å². The minimum atomic E-state index is -0.731. The van der Waals surface area contributed by atoms with Crippen LogP contribution in [0.3, 0.4) is 0 Å². The Kier molecular flexibility index (Phi) is 5.36. The number of ether oxygens (including phenoxy) is 1. The molecule has 7 nitrogen and oxygen atoms in total. The van der Waals surface area contributed by atoms with Gasteiger partial charge in [0.2, 0.25) is 5.43 Å². The number of pyridine rings is 1. The molecule has 1 heterocycles. The molecular formula is C15H16ClN3O4. The summed E-state index contributed by atoms with van der Waals surface area (Å²) in [6, 6.07) is 4.75. The lowest BCUT2D eigenvalue weighted by atomic mass is 10.1. The van der Waals surface area contributed by atoms with Crippen LogP contribution >= 0.6 is 11.6 Å². The minimum Gasteiger partial charge on any atom is -0.369 e. The van der Waals surface area contributed by atoms with Crippen molar-refractivity contribution in [3.8, 4) is 0 Å². The van der Waals surface area contributed by atoms with Gasteiger partial charge in [-0.2, -0.15) is 0 Å². The summed E-state index contributed by atoms with van der Waals surface area (Å²) in [7, 11) is 0. The van der Waals surface area contributed by atoms with E-state index in [2.05, 4.69) is 15.8 Å². The Labute approximate surface area is 136 Å². The van der Waals surface area contributed by atoms with Crippen molar-refractivity contribution in [1.82, 2.24) is 15.8 Å². The van der Waals surface area contributed by atoms with Gasteiger partial charge in [-0.25, -0.2) is 0 Å². The lowest BCUT2D eigenvalue weighted by Crippen LogP contribution is -2.44. The van der Waals surface area contributed by atoms with Crippen molar-refractivity contribution in [1.29, 1.82) is 0 Å². The lowest BCUT2D eigenvalue weighted by Gasteiger charge is -2.09. The molecule has 0 bridgehead atoms. The van der Waals surface area contributed by atoms with E-state index in [1.807, 2.05) is 0 Å². The van der Waals surface area contributed by atoms with Crippen molar-refractivity contribution in [3.05, 3.63) is 45.2 Å². The number of carbonyl (C=O) groups is 2. The van der Waals surface area contributed by atoms with E-state index >= 15 is 0 Å². The number of carbonyl (C=O) groups excluding carboxylic acids is 2. The van der Waals surface area contributed by atoms with Gasteiger partial charge in [0.05, 0.1) is 6.10 Å². The molecule has 1 aromatic carbocycles. The number of hydrogen-bond donors (Lipinski definition) is 3. The number of nitrogens with one attached hydrogen (secondary N) is 3. The number of aromatic amines is 1. The predicted octanol–water partition coefficient (Wildman–Crippen LogP) is 1.37. The average Bonchev–Trinajstić information content (AvgIpc) is 2.51. The number of fused-ring (bicyclic) bond motifs is 1. The summed E-state index contributed by atoms with van der Waals surface area (Å²) in [4.78, 5) is 38.6. The summed E-state index contributed by atoms with van der Waals surface area (Å²) in [6.45, 7) is 3.37. The number of amides is 2. The normalized spacial score (nSPS) is 10.8. The molecule has 0 unspecified atom stereocenters. The third-order valence-corrected chi connectivity index (χ3v) is 3.19. The summed E-state index contributed by atoms with van der Waals surface area (Å²) in [5.41, 5.74) is 4.30. The first-order chi connectivity index (χ1) is 10.9. The maximum absolute atomic E-state index is 12.3. The fourth-order valence-electron chi connectivity index (χ4n) is 1.83. The Morgan fingerprint density at radius 1 is 1.30 bits per heavy atom. The van der Waals surface area contributed by atoms with Crippen molar-refractivity contribution < 1.29 is 14.3 Å². The Bertz CT molecular complexity index is 801. The second-order valence-corrected chi connectivity index (χ2v) is 5.52. The van der Waals surface area contributed by atoms with E-state index in [0.29, 0.717) is 15.9 Å². The number of benzene rings is 1. The maximum Gasteiger partial charge on any atom is 0.275 e. The smallest absolute Gasteiger partial charge is 0.275 e. The molecule has 0 radical (unpaired) electrons. The molecule has 1 aromatic heterocycles. The van der Waals surface area contributed by atoms with Gasteiger partial charge in [0, 0.05) is 22.1 Å². The molecule has 0 fully saturated rings. The number of halogens is 1. The topological polar surface area (TPSA) is 100 Å². The molecule has 122 valence electrons. The van der Waals surface area contributed by atoms with Gasteiger partial charge >= 0.3 is 0 Å². The zero-order valence-electron chi connectivity index (χ0n) is 12.6. The van der Waals surface area contributed by atoms with Gasteiger partial charge in [0.15, 0.2) is 0 Å². The van der Waals surface area contributed by atoms with Crippen LogP contribution in [0.15, 0.2) is 29.2 Å². The van der Waals surface area contributed by atoms with E-state index in [-0.39, 0.29) is 18.3 Å². The molecule has 2 aromatic rings. The van der Waals surface area contributed by atoms with Crippen LogP contribution < -0.4 is 16.3 Å². The van der Waals surface area contributed by atoms with Crippen LogP contribution in [-0.4, -0.2) is 29.5 Å². The Hall–Kier alpha value is -2.38. The molecule has 2 amide bonds. The van der Waals surface area contributed by atoms with E-state index in [1.165, 1.54) is 12.3 Å². The van der Waals surface area contributed by atoms with Crippen molar-refractivity contribution in [3.63, 3.8) is 0 Å². The zero-order chi connectivity index (χ0) is 17.0. The lowest BCUT2D eigenvalue weighted by molar-refractivity contribution is -0.127. The SMILES string of the molecule is CC(C)OCC(=O)NNC(=O)c1c[nH]c2ccc(Cl)cc2c1=O. The van der Waals surface area contributed by atoms with Crippen LogP contribution in [-0.2, 0) is 9.53 Å². The Morgan fingerprint density at radius 3 is 2.74 bits per heavy atom. The first-order valence-electron chi connectivity index (χ1n) is 6.90. The number of hydrazine groups is 1. The molecule has 23 heavy (non-hydrogen) atoms. The summed E-state index contributed by atoms with van der Waals surface area (Å²) in [5.74, 6) is -1.25. The molecule has 0 spiro atoms. The highest BCUT2D eigenvalue weighted by Crippen LogP contribution is 2.14. The highest BCUT2D eigenvalue weighted by molar-refractivity contribution is 6.31. The van der Waals surface area contributed by atoms with Crippen LogP contribution in [0.1, 0.15) is 24.2 Å². The first kappa shape index (κ1) is 17.0. The average molecular weight is 338 g/mol. The van der Waals surface area contributed by atoms with Crippen LogP contribution in [0.2, 0.25) is 5.02 Å². The first-order valence-corrected chi connectivity index (χ1v) is 7.28. The van der Waals surface area contributed by atoms with E-state index in [4.69, 9.17) is 16.3 Å². The second kappa shape index (κ2) is 7.26. The summed E-state index contributed by atoms with van der Waals surface area (Å²) < 4.78 is 5.09. The van der Waals surface area contributed by atoms with Gasteiger partial charge in [-0.3, -0.25) is 25.2 Å². The summed E-state index contributed by atoms with van der Waals surface area (Å²) in [5, 5.41) is 0.680. The van der Waals surface area contributed by atoms with Crippen LogP contribution in [0.25, 0.3) is 10.9 Å². The van der Waals surface area contributed by atoms with Crippen molar-refractivity contribution in [2.75, 3.05) is 6.61 Å². The number of H-pyrrole nitrogens is 1. The van der Waals surface area contributed by atoms with Crippen molar-refractivity contribution >= 4 is 34.3 Å². The summed E-state index contributed by atoms with van der Waals surface area (Å²) in [6.07, 6.45) is 1.18. The Balaban J connectivity index is 2.11. The second-order valence-electron chi connectivity index (χ2n) is 5.08. The van der Waals surface area contributed by atoms with Crippen LogP contribution in [0.5, 0.6) is 0 Å². The zero-order valence-corrected chi connectivity index (χ0v) is 13.4. The van der Waals surface area contributed by atoms with E-state index in [1.54, 1.807) is 26.0 Å². The fraction of sp³-hybridized carbons (Fsp3) is 0.267. The largest absolute Gasteiger partial charge is 0.369 e. The fourth-order valence-corrected chi connectivity index (χ4v) is 2.00. The van der Waals surface area contributed by atoms with E-state index < -0.39 is 17.2 Å². The third kappa shape index (κ3) is 4.30. The van der Waals surface area contributed by atoms with Gasteiger partial charge in [-0.15, -0.1) is 0 Å². The maximum atomic E-state index is 12.3. The predicted molar refractivity (Wildman–Crippen MR) is 86.3 cm³/mol. The molecular weight excluding hydrogens is 322 g/mol. The molecule has 2 rings (SSSR count). The van der Waals surface area contributed by atoms with Gasteiger partial charge in [-0.1, -0.05) is 11.6 Å². The molecule has 0 aliphatic rings. The number of rotatable bonds is 4. The van der Waals surface area contributed by atoms with Crippen LogP contribution in [0.4, 0.5) is 0 Å². The van der Waals surface area contributed by atoms with Gasteiger partial charge in [-0.05, 0) is 32.0 Å². The molecule has 0 atom stereocenters. The third-order valence-electron chi connectivity index (χ3n) is 2.95. The highest BCUT2D eigenvalue weighted by Gasteiger charge is 2.14. The van der Waals surface area contributed by atoms with E-state index in [9.17, 15) is 14.4 Å². The van der Waals surface area contributed by atoms with Crippen LogP contribution in [0, 0.1) is 0 Å².